The molecule has 0 saturated heterocycles. The molecule has 0 saturated carbocycles. The highest BCUT2D eigenvalue weighted by Gasteiger charge is 2.03. The highest BCUT2D eigenvalue weighted by atomic mass is 16.2. The topological polar surface area (TPSA) is 63.2 Å². The summed E-state index contributed by atoms with van der Waals surface area (Å²) in [6.07, 6.45) is 1.17. The van der Waals surface area contributed by atoms with Gasteiger partial charge in [-0.05, 0) is 31.2 Å². The van der Waals surface area contributed by atoms with Crippen molar-refractivity contribution in [3.63, 3.8) is 0 Å². The van der Waals surface area contributed by atoms with Crippen molar-refractivity contribution in [3.8, 4) is 0 Å². The molecule has 0 radical (unpaired) electrons. The van der Waals surface area contributed by atoms with Crippen LogP contribution in [-0.4, -0.2) is 18.0 Å². The lowest BCUT2D eigenvalue weighted by Crippen LogP contribution is -2.12. The van der Waals surface area contributed by atoms with Crippen molar-refractivity contribution in [2.45, 2.75) is 19.8 Å². The van der Waals surface area contributed by atoms with Gasteiger partial charge in [-0.2, -0.15) is 0 Å². The van der Waals surface area contributed by atoms with Gasteiger partial charge in [-0.3, -0.25) is 9.59 Å². The van der Waals surface area contributed by atoms with Crippen LogP contribution in [0.15, 0.2) is 24.3 Å². The predicted octanol–water partition coefficient (Wildman–Crippen LogP) is 1.81. The summed E-state index contributed by atoms with van der Waals surface area (Å²) < 4.78 is 0. The van der Waals surface area contributed by atoms with Crippen molar-refractivity contribution in [2.75, 3.05) is 5.32 Å². The van der Waals surface area contributed by atoms with E-state index in [4.69, 9.17) is 0 Å². The van der Waals surface area contributed by atoms with Gasteiger partial charge in [0, 0.05) is 24.1 Å². The van der Waals surface area contributed by atoms with Gasteiger partial charge in [0.05, 0.1) is 0 Å². The fourth-order valence-electron chi connectivity index (χ4n) is 1.16. The highest BCUT2D eigenvalue weighted by Crippen LogP contribution is 2.08. The molecular weight excluding hydrogens is 206 g/mol. The maximum Gasteiger partial charge on any atom is 0.224 e. The van der Waals surface area contributed by atoms with Crippen LogP contribution < -0.4 is 5.32 Å². The number of carbonyl (C=O) groups is 3. The van der Waals surface area contributed by atoms with Crippen LogP contribution in [0.1, 0.15) is 30.1 Å². The van der Waals surface area contributed by atoms with Crippen molar-refractivity contribution < 1.29 is 14.4 Å². The van der Waals surface area contributed by atoms with Crippen LogP contribution in [0.2, 0.25) is 0 Å². The number of carbonyl (C=O) groups excluding carboxylic acids is 3. The Morgan fingerprint density at radius 1 is 1.19 bits per heavy atom. The summed E-state index contributed by atoms with van der Waals surface area (Å²) in [5.74, 6) is -0.208. The van der Waals surface area contributed by atoms with Gasteiger partial charge >= 0.3 is 0 Å². The van der Waals surface area contributed by atoms with E-state index in [1.165, 1.54) is 6.92 Å². The van der Waals surface area contributed by atoms with Gasteiger partial charge in [-0.25, -0.2) is 0 Å². The van der Waals surface area contributed by atoms with Crippen LogP contribution >= 0.6 is 0 Å². The molecule has 4 heteroatoms. The molecule has 0 fully saturated rings. The summed E-state index contributed by atoms with van der Waals surface area (Å²) in [5, 5.41) is 2.64. The number of hydrogen-bond acceptors (Lipinski definition) is 3. The first-order chi connectivity index (χ1) is 7.61. The fraction of sp³-hybridized carbons (Fsp3) is 0.250. The largest absolute Gasteiger partial charge is 0.326 e. The first-order valence-electron chi connectivity index (χ1n) is 4.96. The second kappa shape index (κ2) is 5.80. The van der Waals surface area contributed by atoms with E-state index in [0.29, 0.717) is 11.3 Å². The Hall–Kier alpha value is -1.97. The standard InChI is InChI=1S/C12H13NO3/c1-9(15)2-7-12(16)13-11-5-3-10(8-14)4-6-11/h3-6,8H,2,7H2,1H3,(H,13,16). The first-order valence-corrected chi connectivity index (χ1v) is 4.96. The summed E-state index contributed by atoms with van der Waals surface area (Å²) >= 11 is 0. The summed E-state index contributed by atoms with van der Waals surface area (Å²) in [5.41, 5.74) is 1.18. The minimum absolute atomic E-state index is 0.00791. The third-order valence-electron chi connectivity index (χ3n) is 2.03. The van der Waals surface area contributed by atoms with E-state index >= 15 is 0 Å². The van der Waals surface area contributed by atoms with Crippen molar-refractivity contribution in [2.24, 2.45) is 0 Å². The minimum atomic E-state index is -0.200. The normalized spacial score (nSPS) is 9.56. The first kappa shape index (κ1) is 12.1. The predicted molar refractivity (Wildman–Crippen MR) is 60.4 cm³/mol. The Labute approximate surface area is 93.7 Å². The van der Waals surface area contributed by atoms with Gasteiger partial charge in [0.1, 0.15) is 12.1 Å². The number of rotatable bonds is 5. The number of aldehydes is 1. The van der Waals surface area contributed by atoms with Gasteiger partial charge < -0.3 is 10.1 Å². The molecule has 0 unspecified atom stereocenters. The number of amides is 1. The van der Waals surface area contributed by atoms with Gasteiger partial charge in [-0.1, -0.05) is 0 Å². The molecule has 1 amide bonds. The number of hydrogen-bond donors (Lipinski definition) is 1. The Bertz CT molecular complexity index is 395. The second-order valence-electron chi connectivity index (χ2n) is 3.49. The van der Waals surface area contributed by atoms with Crippen molar-refractivity contribution >= 4 is 23.7 Å². The summed E-state index contributed by atoms with van der Waals surface area (Å²) in [7, 11) is 0. The van der Waals surface area contributed by atoms with Crippen molar-refractivity contribution in [1.82, 2.24) is 0 Å². The lowest BCUT2D eigenvalue weighted by molar-refractivity contribution is -0.121. The average Bonchev–Trinajstić information content (AvgIpc) is 2.27. The molecule has 16 heavy (non-hydrogen) atoms. The molecule has 0 heterocycles. The smallest absolute Gasteiger partial charge is 0.224 e. The SMILES string of the molecule is CC(=O)CCC(=O)Nc1ccc(C=O)cc1. The highest BCUT2D eigenvalue weighted by molar-refractivity contribution is 5.93. The Kier molecular flexibility index (Phi) is 4.39. The maximum atomic E-state index is 11.3. The van der Waals surface area contributed by atoms with E-state index in [-0.39, 0.29) is 24.5 Å². The molecule has 1 aromatic carbocycles. The fourth-order valence-corrected chi connectivity index (χ4v) is 1.16. The zero-order valence-electron chi connectivity index (χ0n) is 9.03. The van der Waals surface area contributed by atoms with Crippen molar-refractivity contribution in [1.29, 1.82) is 0 Å². The van der Waals surface area contributed by atoms with Crippen LogP contribution in [0.25, 0.3) is 0 Å². The quantitative estimate of drug-likeness (QED) is 0.768. The zero-order valence-corrected chi connectivity index (χ0v) is 9.03. The molecule has 1 rings (SSSR count). The summed E-state index contributed by atoms with van der Waals surface area (Å²) in [6, 6.07) is 6.53. The average molecular weight is 219 g/mol. The van der Waals surface area contributed by atoms with Gasteiger partial charge in [0.2, 0.25) is 5.91 Å². The molecule has 0 spiro atoms. The van der Waals surface area contributed by atoms with E-state index in [1.807, 2.05) is 0 Å². The van der Waals surface area contributed by atoms with Gasteiger partial charge in [-0.15, -0.1) is 0 Å². The number of nitrogens with one attached hydrogen (secondary N) is 1. The third kappa shape index (κ3) is 4.04. The zero-order chi connectivity index (χ0) is 12.0. The van der Waals surface area contributed by atoms with Crippen LogP contribution in [-0.2, 0) is 9.59 Å². The maximum absolute atomic E-state index is 11.3. The molecule has 84 valence electrons. The second-order valence-corrected chi connectivity index (χ2v) is 3.49. The molecule has 0 aromatic heterocycles. The Morgan fingerprint density at radius 2 is 1.81 bits per heavy atom. The van der Waals surface area contributed by atoms with Crippen LogP contribution in [0.3, 0.4) is 0 Å². The Morgan fingerprint density at radius 3 is 2.31 bits per heavy atom. The lowest BCUT2D eigenvalue weighted by Gasteiger charge is -2.04. The molecule has 0 bridgehead atoms. The molecule has 0 atom stereocenters. The molecule has 1 N–H and O–H groups in total. The Balaban J connectivity index is 2.49. The van der Waals surface area contributed by atoms with Crippen LogP contribution in [0.5, 0.6) is 0 Å². The molecule has 0 aliphatic carbocycles. The van der Waals surface area contributed by atoms with Crippen LogP contribution in [0.4, 0.5) is 5.69 Å². The van der Waals surface area contributed by atoms with E-state index < -0.39 is 0 Å². The van der Waals surface area contributed by atoms with E-state index in [2.05, 4.69) is 5.32 Å². The number of anilines is 1. The number of ketones is 1. The lowest BCUT2D eigenvalue weighted by atomic mass is 10.2. The number of Topliss-reactive ketones (excluding diaryl/α,β-unsaturated/α-hetero) is 1. The van der Waals surface area contributed by atoms with Gasteiger partial charge in [0.15, 0.2) is 0 Å². The molecular formula is C12H13NO3. The van der Waals surface area contributed by atoms with E-state index in [9.17, 15) is 14.4 Å². The van der Waals surface area contributed by atoms with E-state index in [1.54, 1.807) is 24.3 Å². The summed E-state index contributed by atoms with van der Waals surface area (Å²) in [6.45, 7) is 1.45. The van der Waals surface area contributed by atoms with Crippen molar-refractivity contribution in [3.05, 3.63) is 29.8 Å². The van der Waals surface area contributed by atoms with Crippen LogP contribution in [0, 0.1) is 0 Å². The minimum Gasteiger partial charge on any atom is -0.326 e. The number of benzene rings is 1. The molecule has 0 aliphatic heterocycles. The monoisotopic (exact) mass is 219 g/mol. The summed E-state index contributed by atoms with van der Waals surface area (Å²) in [4.78, 5) is 32.4. The molecule has 1 aromatic rings. The molecule has 0 aliphatic rings. The molecule has 4 nitrogen and oxygen atoms in total. The third-order valence-corrected chi connectivity index (χ3v) is 2.03. The van der Waals surface area contributed by atoms with E-state index in [0.717, 1.165) is 6.29 Å². The van der Waals surface area contributed by atoms with Gasteiger partial charge in [0.25, 0.3) is 0 Å².